The number of Topliss-reactive ketones (excluding diaryl/α,β-unsaturated/α-hetero) is 1. The van der Waals surface area contributed by atoms with Crippen molar-refractivity contribution in [3.05, 3.63) is 59.2 Å². The lowest BCUT2D eigenvalue weighted by atomic mass is 10.1. The minimum absolute atomic E-state index is 0.0922. The average molecular weight is 413 g/mol. The highest BCUT2D eigenvalue weighted by Crippen LogP contribution is 2.24. The van der Waals surface area contributed by atoms with Crippen molar-refractivity contribution >= 4 is 17.5 Å². The van der Waals surface area contributed by atoms with Crippen molar-refractivity contribution in [1.82, 2.24) is 20.2 Å². The van der Waals surface area contributed by atoms with Crippen LogP contribution in [0.1, 0.15) is 34.8 Å². The summed E-state index contributed by atoms with van der Waals surface area (Å²) >= 11 is 1.37. The van der Waals surface area contributed by atoms with Crippen LogP contribution < -0.4 is 4.74 Å². The van der Waals surface area contributed by atoms with E-state index in [0.717, 1.165) is 16.8 Å². The number of carbonyl (C=O) groups is 1. The molecule has 0 radical (unpaired) electrons. The number of thioether (sulfide) groups is 1. The number of hydrogen-bond donors (Lipinski definition) is 1. The zero-order valence-corrected chi connectivity index (χ0v) is 17.5. The van der Waals surface area contributed by atoms with Gasteiger partial charge in [-0.3, -0.25) is 4.79 Å². The Morgan fingerprint density at radius 1 is 1.17 bits per heavy atom. The minimum atomic E-state index is -0.694. The predicted octanol–water partition coefficient (Wildman–Crippen LogP) is 3.40. The van der Waals surface area contributed by atoms with Crippen LogP contribution in [0.4, 0.5) is 0 Å². The molecule has 0 aliphatic carbocycles. The van der Waals surface area contributed by atoms with Crippen molar-refractivity contribution < 1.29 is 14.6 Å². The summed E-state index contributed by atoms with van der Waals surface area (Å²) in [6.07, 6.45) is -0.224. The van der Waals surface area contributed by atoms with Crippen molar-refractivity contribution in [1.29, 1.82) is 0 Å². The van der Waals surface area contributed by atoms with Crippen LogP contribution in [-0.2, 0) is 0 Å². The van der Waals surface area contributed by atoms with Crippen molar-refractivity contribution in [3.63, 3.8) is 0 Å². The highest BCUT2D eigenvalue weighted by molar-refractivity contribution is 7.99. The summed E-state index contributed by atoms with van der Waals surface area (Å²) in [7, 11) is 0. The number of aryl methyl sites for hydroxylation is 2. The van der Waals surface area contributed by atoms with E-state index < -0.39 is 6.10 Å². The Balaban J connectivity index is 1.56. The Morgan fingerprint density at radius 2 is 1.86 bits per heavy atom. The van der Waals surface area contributed by atoms with Crippen LogP contribution in [0.25, 0.3) is 5.69 Å². The van der Waals surface area contributed by atoms with Gasteiger partial charge in [-0.15, -0.1) is 5.10 Å². The first kappa shape index (κ1) is 21.0. The summed E-state index contributed by atoms with van der Waals surface area (Å²) in [4.78, 5) is 11.7. The second-order valence-corrected chi connectivity index (χ2v) is 7.68. The van der Waals surface area contributed by atoms with Gasteiger partial charge < -0.3 is 9.84 Å². The number of ketones is 1. The highest BCUT2D eigenvalue weighted by atomic mass is 32.2. The fourth-order valence-electron chi connectivity index (χ4n) is 2.90. The maximum Gasteiger partial charge on any atom is 0.214 e. The Kier molecular flexibility index (Phi) is 7.00. The number of tetrazole rings is 1. The van der Waals surface area contributed by atoms with E-state index in [2.05, 4.69) is 15.5 Å². The zero-order valence-electron chi connectivity index (χ0n) is 16.7. The molecule has 0 saturated heterocycles. The van der Waals surface area contributed by atoms with E-state index in [1.54, 1.807) is 28.9 Å². The van der Waals surface area contributed by atoms with E-state index in [1.807, 2.05) is 39.0 Å². The molecule has 2 aromatic carbocycles. The lowest BCUT2D eigenvalue weighted by Crippen LogP contribution is -2.20. The fraction of sp³-hybridized carbons (Fsp3) is 0.333. The molecule has 0 spiro atoms. The zero-order chi connectivity index (χ0) is 20.8. The van der Waals surface area contributed by atoms with E-state index in [-0.39, 0.29) is 12.4 Å². The number of hydrogen-bond acceptors (Lipinski definition) is 7. The van der Waals surface area contributed by atoms with Crippen LogP contribution in [0.15, 0.2) is 47.6 Å². The first-order valence-corrected chi connectivity index (χ1v) is 10.4. The first-order chi connectivity index (χ1) is 14.0. The number of rotatable bonds is 9. The molecule has 0 amide bonds. The summed E-state index contributed by atoms with van der Waals surface area (Å²) in [6, 6.07) is 13.0. The van der Waals surface area contributed by atoms with Gasteiger partial charge in [0.1, 0.15) is 12.4 Å². The molecule has 152 valence electrons. The van der Waals surface area contributed by atoms with Crippen molar-refractivity contribution in [2.75, 3.05) is 12.4 Å². The molecule has 3 aromatic rings. The second-order valence-electron chi connectivity index (χ2n) is 6.69. The van der Waals surface area contributed by atoms with Gasteiger partial charge in [0.15, 0.2) is 5.78 Å². The lowest BCUT2D eigenvalue weighted by Gasteiger charge is -2.13. The maximum absolute atomic E-state index is 11.7. The van der Waals surface area contributed by atoms with Crippen LogP contribution in [-0.4, -0.2) is 49.6 Å². The van der Waals surface area contributed by atoms with Gasteiger partial charge in [-0.25, -0.2) is 0 Å². The third-order valence-electron chi connectivity index (χ3n) is 4.44. The molecule has 0 fully saturated rings. The van der Waals surface area contributed by atoms with Gasteiger partial charge in [0.2, 0.25) is 5.16 Å². The Hall–Kier alpha value is -2.71. The molecule has 29 heavy (non-hydrogen) atoms. The molecule has 1 atom stereocenters. The number of para-hydroxylation sites is 1. The van der Waals surface area contributed by atoms with Crippen LogP contribution in [0.3, 0.4) is 0 Å². The maximum atomic E-state index is 11.7. The van der Waals surface area contributed by atoms with Crippen molar-refractivity contribution in [3.8, 4) is 11.4 Å². The third-order valence-corrected chi connectivity index (χ3v) is 5.50. The van der Waals surface area contributed by atoms with E-state index in [1.165, 1.54) is 11.8 Å². The Bertz CT molecular complexity index is 952. The van der Waals surface area contributed by atoms with Gasteiger partial charge in [0.05, 0.1) is 11.8 Å². The predicted molar refractivity (Wildman–Crippen MR) is 112 cm³/mol. The smallest absolute Gasteiger partial charge is 0.214 e. The minimum Gasteiger partial charge on any atom is -0.491 e. The Morgan fingerprint density at radius 3 is 2.52 bits per heavy atom. The molecule has 0 bridgehead atoms. The number of carbonyl (C=O) groups excluding carboxylic acids is 1. The molecular formula is C21H24N4O3S. The second kappa shape index (κ2) is 9.67. The summed E-state index contributed by atoms with van der Waals surface area (Å²) in [6.45, 7) is 6.00. The molecule has 1 unspecified atom stereocenters. The van der Waals surface area contributed by atoms with Gasteiger partial charge in [0.25, 0.3) is 0 Å². The number of aromatic nitrogens is 4. The summed E-state index contributed by atoms with van der Waals surface area (Å²) < 4.78 is 7.33. The van der Waals surface area contributed by atoms with E-state index in [4.69, 9.17) is 4.74 Å². The third kappa shape index (κ3) is 5.21. The van der Waals surface area contributed by atoms with Gasteiger partial charge in [0, 0.05) is 17.7 Å². The van der Waals surface area contributed by atoms with Gasteiger partial charge in [-0.1, -0.05) is 36.9 Å². The Labute approximate surface area is 174 Å². The molecule has 1 heterocycles. The molecular weight excluding hydrogens is 388 g/mol. The number of aliphatic hydroxyl groups is 1. The van der Waals surface area contributed by atoms with Crippen LogP contribution in [0, 0.1) is 13.8 Å². The standard InChI is InChI=1S/C21H24N4O3S/c1-4-19(27)16-8-10-18(11-9-16)28-12-17(26)13-29-21-22-23-24-25(21)20-14(2)6-5-7-15(20)3/h5-11,17,26H,4,12-13H2,1-3H3. The summed E-state index contributed by atoms with van der Waals surface area (Å²) in [5, 5.41) is 22.9. The highest BCUT2D eigenvalue weighted by Gasteiger charge is 2.15. The monoisotopic (exact) mass is 412 g/mol. The van der Waals surface area contributed by atoms with Crippen LogP contribution in [0.5, 0.6) is 5.75 Å². The van der Waals surface area contributed by atoms with Gasteiger partial charge in [-0.05, 0) is 59.7 Å². The SMILES string of the molecule is CCC(=O)c1ccc(OCC(O)CSc2nnnn2-c2c(C)cccc2C)cc1. The average Bonchev–Trinajstić information content (AvgIpc) is 3.18. The molecule has 3 rings (SSSR count). The van der Waals surface area contributed by atoms with Crippen molar-refractivity contribution in [2.24, 2.45) is 0 Å². The molecule has 0 aliphatic rings. The van der Waals surface area contributed by atoms with Crippen molar-refractivity contribution in [2.45, 2.75) is 38.5 Å². The molecule has 7 nitrogen and oxygen atoms in total. The van der Waals surface area contributed by atoms with E-state index >= 15 is 0 Å². The quantitative estimate of drug-likeness (QED) is 0.425. The van der Waals surface area contributed by atoms with Gasteiger partial charge >= 0.3 is 0 Å². The van der Waals surface area contributed by atoms with E-state index in [9.17, 15) is 9.90 Å². The largest absolute Gasteiger partial charge is 0.491 e. The van der Waals surface area contributed by atoms with Gasteiger partial charge in [-0.2, -0.15) is 4.68 Å². The van der Waals surface area contributed by atoms with Crippen LogP contribution >= 0.6 is 11.8 Å². The topological polar surface area (TPSA) is 90.1 Å². The summed E-state index contributed by atoms with van der Waals surface area (Å²) in [5.74, 6) is 1.09. The normalized spacial score (nSPS) is 12.0. The molecule has 0 aliphatic heterocycles. The molecule has 8 heteroatoms. The molecule has 0 saturated carbocycles. The summed E-state index contributed by atoms with van der Waals surface area (Å²) in [5.41, 5.74) is 3.77. The van der Waals surface area contributed by atoms with Crippen LogP contribution in [0.2, 0.25) is 0 Å². The molecule has 1 aromatic heterocycles. The fourth-order valence-corrected chi connectivity index (χ4v) is 3.68. The lowest BCUT2D eigenvalue weighted by molar-refractivity contribution is 0.0987. The molecule has 1 N–H and O–H groups in total. The first-order valence-electron chi connectivity index (χ1n) is 9.41. The van der Waals surface area contributed by atoms with E-state index in [0.29, 0.717) is 28.6 Å². The number of nitrogens with zero attached hydrogens (tertiary/aromatic N) is 4. The number of aliphatic hydroxyl groups excluding tert-OH is 1. The number of benzene rings is 2. The number of ether oxygens (including phenoxy) is 1.